The second-order valence-electron chi connectivity index (χ2n) is 9.00. The maximum atomic E-state index is 13.3. The molecule has 9 heteroatoms. The van der Waals surface area contributed by atoms with Crippen LogP contribution in [0.1, 0.15) is 56.2 Å². The third kappa shape index (κ3) is 4.61. The highest BCUT2D eigenvalue weighted by atomic mass is 32.2. The summed E-state index contributed by atoms with van der Waals surface area (Å²) in [7, 11) is 0. The van der Waals surface area contributed by atoms with Crippen LogP contribution in [0.2, 0.25) is 0 Å². The molecule has 0 spiro atoms. The van der Waals surface area contributed by atoms with Gasteiger partial charge in [-0.1, -0.05) is 30.9 Å². The van der Waals surface area contributed by atoms with Gasteiger partial charge < -0.3 is 9.64 Å². The molecule has 3 fully saturated rings. The van der Waals surface area contributed by atoms with Gasteiger partial charge in [-0.3, -0.25) is 19.1 Å². The van der Waals surface area contributed by atoms with Gasteiger partial charge in [-0.05, 0) is 57.1 Å². The van der Waals surface area contributed by atoms with E-state index in [1.54, 1.807) is 16.4 Å². The molecule has 176 valence electrons. The summed E-state index contributed by atoms with van der Waals surface area (Å²) in [6.07, 6.45) is 5.87. The summed E-state index contributed by atoms with van der Waals surface area (Å²) in [5, 5.41) is 9.72. The fourth-order valence-corrected chi connectivity index (χ4v) is 6.04. The number of aromatic nitrogens is 1. The van der Waals surface area contributed by atoms with Crippen LogP contribution in [0.4, 0.5) is 5.82 Å². The fourth-order valence-electron chi connectivity index (χ4n) is 4.78. The number of piperidine rings is 1. The molecule has 7 nitrogen and oxygen atoms in total. The first kappa shape index (κ1) is 24.0. The SMILES string of the molecule is CCn1c(N2CCC(C)CC2)c(C=C2SC(=S)N(CC3CCCO3)C2=O)c(C)c(C#N)c1=O. The van der Waals surface area contributed by atoms with Gasteiger partial charge in [0.15, 0.2) is 0 Å². The van der Waals surface area contributed by atoms with E-state index in [2.05, 4.69) is 17.9 Å². The quantitative estimate of drug-likeness (QED) is 0.464. The second-order valence-corrected chi connectivity index (χ2v) is 10.7. The number of thioether (sulfide) groups is 1. The van der Waals surface area contributed by atoms with Gasteiger partial charge in [-0.25, -0.2) is 0 Å². The van der Waals surface area contributed by atoms with Crippen molar-refractivity contribution >= 4 is 46.1 Å². The lowest BCUT2D eigenvalue weighted by Gasteiger charge is -2.35. The molecule has 0 bridgehead atoms. The molecule has 1 aromatic heterocycles. The normalized spacial score (nSPS) is 23.1. The van der Waals surface area contributed by atoms with Gasteiger partial charge in [-0.2, -0.15) is 5.26 Å². The van der Waals surface area contributed by atoms with E-state index in [4.69, 9.17) is 17.0 Å². The van der Waals surface area contributed by atoms with Gasteiger partial charge in [0.25, 0.3) is 11.5 Å². The number of carbonyl (C=O) groups is 1. The second kappa shape index (κ2) is 10.00. The fraction of sp³-hybridized carbons (Fsp3) is 0.583. The maximum absolute atomic E-state index is 13.3. The Bertz CT molecular complexity index is 1090. The van der Waals surface area contributed by atoms with Crippen molar-refractivity contribution in [3.8, 4) is 6.07 Å². The van der Waals surface area contributed by atoms with E-state index < -0.39 is 0 Å². The molecule has 0 aromatic carbocycles. The summed E-state index contributed by atoms with van der Waals surface area (Å²) in [6, 6.07) is 2.09. The van der Waals surface area contributed by atoms with Crippen LogP contribution in [-0.4, -0.2) is 52.0 Å². The standard InChI is InChI=1S/C24H30N4O3S2/c1-4-27-21(26-9-7-15(2)8-10-26)18(16(3)19(13-25)22(27)29)12-20-23(30)28(24(32)33-20)14-17-6-5-11-31-17/h12,15,17H,4-11,14H2,1-3H3. The van der Waals surface area contributed by atoms with Crippen molar-refractivity contribution in [1.82, 2.24) is 9.47 Å². The van der Waals surface area contributed by atoms with Crippen LogP contribution >= 0.6 is 24.0 Å². The predicted molar refractivity (Wildman–Crippen MR) is 135 cm³/mol. The van der Waals surface area contributed by atoms with Gasteiger partial charge in [0.1, 0.15) is 21.8 Å². The molecule has 33 heavy (non-hydrogen) atoms. The van der Waals surface area contributed by atoms with E-state index in [-0.39, 0.29) is 23.1 Å². The Morgan fingerprint density at radius 2 is 2.00 bits per heavy atom. The summed E-state index contributed by atoms with van der Waals surface area (Å²) in [5.41, 5.74) is 1.24. The molecular formula is C24H30N4O3S2. The van der Waals surface area contributed by atoms with Crippen molar-refractivity contribution in [2.24, 2.45) is 5.92 Å². The number of carbonyl (C=O) groups excluding carboxylic acids is 1. The molecule has 4 heterocycles. The third-order valence-electron chi connectivity index (χ3n) is 6.81. The number of nitrogens with zero attached hydrogens (tertiary/aromatic N) is 4. The molecule has 0 saturated carbocycles. The molecule has 3 aliphatic rings. The van der Waals surface area contributed by atoms with Gasteiger partial charge in [0.2, 0.25) is 0 Å². The maximum Gasteiger partial charge on any atom is 0.270 e. The largest absolute Gasteiger partial charge is 0.376 e. The van der Waals surface area contributed by atoms with Gasteiger partial charge in [0, 0.05) is 31.8 Å². The zero-order valence-corrected chi connectivity index (χ0v) is 21.1. The zero-order chi connectivity index (χ0) is 23.7. The Morgan fingerprint density at radius 3 is 2.61 bits per heavy atom. The lowest BCUT2D eigenvalue weighted by Crippen LogP contribution is -2.39. The van der Waals surface area contributed by atoms with Crippen LogP contribution < -0.4 is 10.5 Å². The monoisotopic (exact) mass is 486 g/mol. The van der Waals surface area contributed by atoms with Crippen molar-refractivity contribution in [2.75, 3.05) is 31.1 Å². The Labute approximate surface area is 204 Å². The van der Waals surface area contributed by atoms with Gasteiger partial charge in [0.05, 0.1) is 17.6 Å². The molecule has 0 N–H and O–H groups in total. The minimum Gasteiger partial charge on any atom is -0.376 e. The first-order valence-corrected chi connectivity index (χ1v) is 12.9. The van der Waals surface area contributed by atoms with Crippen molar-refractivity contribution in [3.63, 3.8) is 0 Å². The van der Waals surface area contributed by atoms with Crippen LogP contribution in [0.15, 0.2) is 9.70 Å². The van der Waals surface area contributed by atoms with E-state index in [1.807, 2.05) is 13.0 Å². The number of hydrogen-bond donors (Lipinski definition) is 0. The zero-order valence-electron chi connectivity index (χ0n) is 19.4. The lowest BCUT2D eigenvalue weighted by atomic mass is 9.97. The predicted octanol–water partition coefficient (Wildman–Crippen LogP) is 3.66. The lowest BCUT2D eigenvalue weighted by molar-refractivity contribution is -0.123. The van der Waals surface area contributed by atoms with Gasteiger partial charge in [-0.15, -0.1) is 0 Å². The number of hydrogen-bond acceptors (Lipinski definition) is 7. The number of amides is 1. The molecule has 1 unspecified atom stereocenters. The summed E-state index contributed by atoms with van der Waals surface area (Å²) in [6.45, 7) is 9.29. The molecular weight excluding hydrogens is 456 g/mol. The minimum absolute atomic E-state index is 0.0201. The van der Waals surface area contributed by atoms with Crippen LogP contribution in [-0.2, 0) is 16.1 Å². The molecule has 1 atom stereocenters. The summed E-state index contributed by atoms with van der Waals surface area (Å²) in [5.74, 6) is 1.31. The van der Waals surface area contributed by atoms with Crippen LogP contribution in [0.3, 0.4) is 0 Å². The topological polar surface area (TPSA) is 78.6 Å². The number of nitriles is 1. The average Bonchev–Trinajstić information content (AvgIpc) is 3.40. The Balaban J connectivity index is 1.78. The summed E-state index contributed by atoms with van der Waals surface area (Å²) >= 11 is 6.80. The number of anilines is 1. The number of rotatable bonds is 5. The Morgan fingerprint density at radius 1 is 1.27 bits per heavy atom. The molecule has 1 aromatic rings. The molecule has 3 saturated heterocycles. The van der Waals surface area contributed by atoms with E-state index >= 15 is 0 Å². The van der Waals surface area contributed by atoms with Gasteiger partial charge >= 0.3 is 0 Å². The molecule has 1 amide bonds. The molecule has 0 aliphatic carbocycles. The molecule has 0 radical (unpaired) electrons. The van der Waals surface area contributed by atoms with Crippen molar-refractivity contribution < 1.29 is 9.53 Å². The highest BCUT2D eigenvalue weighted by molar-refractivity contribution is 8.26. The highest BCUT2D eigenvalue weighted by Gasteiger charge is 2.35. The van der Waals surface area contributed by atoms with E-state index in [1.165, 1.54) is 11.8 Å². The smallest absolute Gasteiger partial charge is 0.270 e. The van der Waals surface area contributed by atoms with E-state index in [9.17, 15) is 14.9 Å². The highest BCUT2D eigenvalue weighted by Crippen LogP contribution is 2.37. The molecule has 4 rings (SSSR count). The van der Waals surface area contributed by atoms with E-state index in [0.29, 0.717) is 33.8 Å². The number of thiocarbonyl (C=S) groups is 1. The Hall–Kier alpha value is -2.15. The minimum atomic E-state index is -0.269. The number of pyridine rings is 1. The van der Waals surface area contributed by atoms with Crippen molar-refractivity contribution in [2.45, 2.75) is 59.1 Å². The van der Waals surface area contributed by atoms with Crippen molar-refractivity contribution in [1.29, 1.82) is 5.26 Å². The van der Waals surface area contributed by atoms with Crippen LogP contribution in [0, 0.1) is 24.2 Å². The van der Waals surface area contributed by atoms with Crippen molar-refractivity contribution in [3.05, 3.63) is 31.9 Å². The summed E-state index contributed by atoms with van der Waals surface area (Å²) < 4.78 is 7.91. The Kier molecular flexibility index (Phi) is 7.27. The summed E-state index contributed by atoms with van der Waals surface area (Å²) in [4.78, 5) is 30.8. The van der Waals surface area contributed by atoms with Crippen LogP contribution in [0.5, 0.6) is 0 Å². The number of ether oxygens (including phenoxy) is 1. The third-order valence-corrected chi connectivity index (χ3v) is 8.18. The first-order valence-electron chi connectivity index (χ1n) is 11.6. The average molecular weight is 487 g/mol. The van der Waals surface area contributed by atoms with Crippen LogP contribution in [0.25, 0.3) is 6.08 Å². The first-order chi connectivity index (χ1) is 15.8. The molecule has 3 aliphatic heterocycles. The van der Waals surface area contributed by atoms with E-state index in [0.717, 1.165) is 56.8 Å².